The highest BCUT2D eigenvalue weighted by molar-refractivity contribution is 7.99. The molecule has 1 aliphatic heterocycles. The zero-order chi connectivity index (χ0) is 11.2. The van der Waals surface area contributed by atoms with E-state index >= 15 is 0 Å². The molecule has 16 heavy (non-hydrogen) atoms. The number of rotatable bonds is 5. The number of hydrogen-bond acceptors (Lipinski definition) is 4. The summed E-state index contributed by atoms with van der Waals surface area (Å²) in [6.07, 6.45) is 3.55. The van der Waals surface area contributed by atoms with Gasteiger partial charge in [-0.1, -0.05) is 0 Å². The minimum atomic E-state index is 0.387. The van der Waals surface area contributed by atoms with Crippen LogP contribution in [0.15, 0.2) is 23.0 Å². The minimum Gasteiger partial charge on any atom is -0.472 e. The van der Waals surface area contributed by atoms with E-state index in [1.54, 1.807) is 6.26 Å². The van der Waals surface area contributed by atoms with Crippen LogP contribution in [-0.2, 0) is 0 Å². The van der Waals surface area contributed by atoms with Crippen LogP contribution < -0.4 is 5.32 Å². The molecule has 3 nitrogen and oxygen atoms in total. The number of nitrogens with one attached hydrogen (secondary N) is 1. The highest BCUT2D eigenvalue weighted by Crippen LogP contribution is 2.12. The molecule has 90 valence electrons. The lowest BCUT2D eigenvalue weighted by molar-refractivity contribution is 0.296. The van der Waals surface area contributed by atoms with Crippen LogP contribution in [0.5, 0.6) is 0 Å². The summed E-state index contributed by atoms with van der Waals surface area (Å²) in [6, 6.07) is 2.41. The van der Waals surface area contributed by atoms with Gasteiger partial charge in [-0.2, -0.15) is 11.8 Å². The predicted molar refractivity (Wildman–Crippen MR) is 68.9 cm³/mol. The second-order valence-corrected chi connectivity index (χ2v) is 5.41. The van der Waals surface area contributed by atoms with Gasteiger partial charge in [-0.25, -0.2) is 0 Å². The Kier molecular flexibility index (Phi) is 4.75. The summed E-state index contributed by atoms with van der Waals surface area (Å²) in [5.41, 5.74) is 1.23. The van der Waals surface area contributed by atoms with Crippen molar-refractivity contribution in [3.05, 3.63) is 24.2 Å². The molecule has 1 fully saturated rings. The number of nitrogens with zero attached hydrogens (tertiary/aromatic N) is 1. The van der Waals surface area contributed by atoms with Gasteiger partial charge in [0.15, 0.2) is 0 Å². The van der Waals surface area contributed by atoms with E-state index in [4.69, 9.17) is 4.42 Å². The smallest absolute Gasteiger partial charge is 0.0950 e. The maximum Gasteiger partial charge on any atom is 0.0950 e. The van der Waals surface area contributed by atoms with Crippen LogP contribution in [0.2, 0.25) is 0 Å². The summed E-state index contributed by atoms with van der Waals surface area (Å²) in [7, 11) is 0. The second kappa shape index (κ2) is 6.33. The summed E-state index contributed by atoms with van der Waals surface area (Å²) in [4.78, 5) is 2.53. The van der Waals surface area contributed by atoms with Crippen molar-refractivity contribution in [2.24, 2.45) is 0 Å². The van der Waals surface area contributed by atoms with E-state index in [1.807, 2.05) is 12.3 Å². The Hall–Kier alpha value is -0.450. The van der Waals surface area contributed by atoms with Crippen LogP contribution in [-0.4, -0.2) is 42.6 Å². The Bertz CT molecular complexity index is 283. The molecule has 0 aromatic carbocycles. The number of hydrogen-bond donors (Lipinski definition) is 1. The maximum atomic E-state index is 5.08. The van der Waals surface area contributed by atoms with E-state index in [0.29, 0.717) is 6.04 Å². The highest BCUT2D eigenvalue weighted by Gasteiger charge is 2.10. The normalized spacial score (nSPS) is 19.8. The first-order chi connectivity index (χ1) is 7.86. The van der Waals surface area contributed by atoms with Crippen molar-refractivity contribution in [1.29, 1.82) is 0 Å². The number of thioether (sulfide) groups is 1. The molecule has 4 heteroatoms. The fraction of sp³-hybridized carbons (Fsp3) is 0.667. The summed E-state index contributed by atoms with van der Waals surface area (Å²) < 4.78 is 5.08. The molecule has 1 aliphatic rings. The van der Waals surface area contributed by atoms with Crippen molar-refractivity contribution in [1.82, 2.24) is 10.2 Å². The lowest BCUT2D eigenvalue weighted by Crippen LogP contribution is -2.38. The van der Waals surface area contributed by atoms with Crippen LogP contribution in [0.3, 0.4) is 0 Å². The summed E-state index contributed by atoms with van der Waals surface area (Å²) in [5, 5.41) is 3.52. The zero-order valence-corrected chi connectivity index (χ0v) is 10.6. The standard InChI is InChI=1S/C12H20N2OS/c1-11(12-2-7-15-10-12)13-3-4-14-5-8-16-9-6-14/h2,7,10-11,13H,3-6,8-9H2,1H3. The molecular weight excluding hydrogens is 220 g/mol. The molecule has 0 radical (unpaired) electrons. The van der Waals surface area contributed by atoms with Gasteiger partial charge in [0.25, 0.3) is 0 Å². The number of furan rings is 1. The van der Waals surface area contributed by atoms with Crippen molar-refractivity contribution in [2.45, 2.75) is 13.0 Å². The van der Waals surface area contributed by atoms with Gasteiger partial charge in [-0.15, -0.1) is 0 Å². The molecule has 1 aromatic rings. The third-order valence-corrected chi connectivity index (χ3v) is 3.97. The van der Waals surface area contributed by atoms with E-state index in [0.717, 1.165) is 13.1 Å². The van der Waals surface area contributed by atoms with Gasteiger partial charge in [-0.3, -0.25) is 0 Å². The lowest BCUT2D eigenvalue weighted by atomic mass is 10.2. The van der Waals surface area contributed by atoms with E-state index in [9.17, 15) is 0 Å². The predicted octanol–water partition coefficient (Wildman–Crippen LogP) is 1.98. The van der Waals surface area contributed by atoms with Crippen molar-refractivity contribution < 1.29 is 4.42 Å². The first-order valence-electron chi connectivity index (χ1n) is 5.92. The highest BCUT2D eigenvalue weighted by atomic mass is 32.2. The third kappa shape index (κ3) is 3.54. The Morgan fingerprint density at radius 2 is 2.31 bits per heavy atom. The van der Waals surface area contributed by atoms with Crippen LogP contribution in [0.1, 0.15) is 18.5 Å². The third-order valence-electron chi connectivity index (χ3n) is 3.03. The molecular formula is C12H20N2OS. The van der Waals surface area contributed by atoms with Crippen molar-refractivity contribution in [2.75, 3.05) is 37.7 Å². The molecule has 1 N–H and O–H groups in total. The fourth-order valence-corrected chi connectivity index (χ4v) is 2.88. The Labute approximate surface area is 102 Å². The Morgan fingerprint density at radius 1 is 1.50 bits per heavy atom. The minimum absolute atomic E-state index is 0.387. The van der Waals surface area contributed by atoms with Gasteiger partial charge < -0.3 is 14.6 Å². The first-order valence-corrected chi connectivity index (χ1v) is 7.07. The average molecular weight is 240 g/mol. The maximum absolute atomic E-state index is 5.08. The summed E-state index contributed by atoms with van der Waals surface area (Å²) in [6.45, 7) is 6.87. The molecule has 0 bridgehead atoms. The molecule has 0 aliphatic carbocycles. The van der Waals surface area contributed by atoms with Crippen LogP contribution in [0, 0.1) is 0 Å². The van der Waals surface area contributed by atoms with E-state index in [1.165, 1.54) is 30.2 Å². The quantitative estimate of drug-likeness (QED) is 0.852. The van der Waals surface area contributed by atoms with Crippen LogP contribution in [0.25, 0.3) is 0 Å². The molecule has 2 heterocycles. The van der Waals surface area contributed by atoms with Gasteiger partial charge in [0.05, 0.1) is 12.5 Å². The van der Waals surface area contributed by atoms with Gasteiger partial charge in [0, 0.05) is 49.3 Å². The van der Waals surface area contributed by atoms with Crippen LogP contribution >= 0.6 is 11.8 Å². The molecule has 1 unspecified atom stereocenters. The summed E-state index contributed by atoms with van der Waals surface area (Å²) in [5.74, 6) is 2.58. The molecule has 1 atom stereocenters. The SMILES string of the molecule is CC(NCCN1CCSCC1)c1ccoc1. The molecule has 1 aromatic heterocycles. The van der Waals surface area contributed by atoms with Gasteiger partial charge in [0.1, 0.15) is 0 Å². The largest absolute Gasteiger partial charge is 0.472 e. The molecule has 0 amide bonds. The van der Waals surface area contributed by atoms with Crippen molar-refractivity contribution >= 4 is 11.8 Å². The first kappa shape index (κ1) is 12.0. The topological polar surface area (TPSA) is 28.4 Å². The molecule has 0 spiro atoms. The summed E-state index contributed by atoms with van der Waals surface area (Å²) >= 11 is 2.06. The van der Waals surface area contributed by atoms with Crippen molar-refractivity contribution in [3.8, 4) is 0 Å². The van der Waals surface area contributed by atoms with E-state index < -0.39 is 0 Å². The monoisotopic (exact) mass is 240 g/mol. The van der Waals surface area contributed by atoms with Gasteiger partial charge in [-0.05, 0) is 13.0 Å². The lowest BCUT2D eigenvalue weighted by Gasteiger charge is -2.26. The Morgan fingerprint density at radius 3 is 3.00 bits per heavy atom. The molecule has 2 rings (SSSR count). The second-order valence-electron chi connectivity index (χ2n) is 4.19. The zero-order valence-electron chi connectivity index (χ0n) is 9.82. The van der Waals surface area contributed by atoms with Gasteiger partial charge >= 0.3 is 0 Å². The van der Waals surface area contributed by atoms with Crippen molar-refractivity contribution in [3.63, 3.8) is 0 Å². The fourth-order valence-electron chi connectivity index (χ4n) is 1.90. The Balaban J connectivity index is 1.63. The average Bonchev–Trinajstić information content (AvgIpc) is 2.84. The van der Waals surface area contributed by atoms with Crippen LogP contribution in [0.4, 0.5) is 0 Å². The van der Waals surface area contributed by atoms with E-state index in [2.05, 4.69) is 28.9 Å². The molecule has 0 saturated carbocycles. The van der Waals surface area contributed by atoms with E-state index in [-0.39, 0.29) is 0 Å². The molecule has 1 saturated heterocycles. The van der Waals surface area contributed by atoms with Gasteiger partial charge in [0.2, 0.25) is 0 Å².